The maximum absolute atomic E-state index is 11.1. The first-order valence-corrected chi connectivity index (χ1v) is 5.90. The molecule has 0 bridgehead atoms. The molecular weight excluding hydrogens is 234 g/mol. The van der Waals surface area contributed by atoms with Crippen LogP contribution in [0.25, 0.3) is 0 Å². The topological polar surface area (TPSA) is 75.5 Å². The lowest BCUT2D eigenvalue weighted by Crippen LogP contribution is -2.38. The number of aromatic nitrogens is 2. The molecule has 0 amide bonds. The smallest absolute Gasteiger partial charge is 0.326 e. The Morgan fingerprint density at radius 1 is 1.50 bits per heavy atom. The van der Waals surface area contributed by atoms with Crippen molar-refractivity contribution >= 4 is 11.8 Å². The maximum atomic E-state index is 11.1. The summed E-state index contributed by atoms with van der Waals surface area (Å²) in [5.74, 6) is 0.113. The molecule has 6 nitrogen and oxygen atoms in total. The zero-order valence-electron chi connectivity index (χ0n) is 11.1. The predicted molar refractivity (Wildman–Crippen MR) is 67.9 cm³/mol. The molecule has 0 saturated carbocycles. The van der Waals surface area contributed by atoms with Gasteiger partial charge in [-0.05, 0) is 20.3 Å². The molecule has 0 radical (unpaired) electrons. The molecule has 1 N–H and O–H groups in total. The average Bonchev–Trinajstić information content (AvgIpc) is 2.28. The number of carboxylic acids is 1. The standard InChI is InChI=1S/C12H19N3O3/c1-5-9(12(16)17)15(4)10-6-11(14-7-13-10)18-8(2)3/h6-9H,5H2,1-4H3,(H,16,17). The number of aliphatic carboxylic acids is 1. The quantitative estimate of drug-likeness (QED) is 0.829. The first-order chi connectivity index (χ1) is 8.45. The third-order valence-corrected chi connectivity index (χ3v) is 2.48. The molecule has 1 aromatic rings. The normalized spacial score (nSPS) is 12.3. The molecule has 1 heterocycles. The average molecular weight is 253 g/mol. The predicted octanol–water partition coefficient (Wildman–Crippen LogP) is 1.56. The van der Waals surface area contributed by atoms with Gasteiger partial charge in [0.15, 0.2) is 0 Å². The summed E-state index contributed by atoms with van der Waals surface area (Å²) in [5.41, 5.74) is 0. The first kappa shape index (κ1) is 14.2. The van der Waals surface area contributed by atoms with Crippen LogP contribution in [0.15, 0.2) is 12.4 Å². The molecule has 1 rings (SSSR count). The van der Waals surface area contributed by atoms with E-state index in [4.69, 9.17) is 9.84 Å². The molecule has 0 aliphatic heterocycles. The van der Waals surface area contributed by atoms with Crippen molar-refractivity contribution < 1.29 is 14.6 Å². The van der Waals surface area contributed by atoms with Gasteiger partial charge in [0.25, 0.3) is 0 Å². The van der Waals surface area contributed by atoms with Crippen LogP contribution in [0.1, 0.15) is 27.2 Å². The highest BCUT2D eigenvalue weighted by molar-refractivity contribution is 5.77. The Morgan fingerprint density at radius 2 is 2.17 bits per heavy atom. The minimum atomic E-state index is -0.870. The van der Waals surface area contributed by atoms with Crippen molar-refractivity contribution in [1.82, 2.24) is 9.97 Å². The molecule has 1 aromatic heterocycles. The van der Waals surface area contributed by atoms with E-state index in [0.29, 0.717) is 18.1 Å². The summed E-state index contributed by atoms with van der Waals surface area (Å²) in [6.45, 7) is 5.62. The lowest BCUT2D eigenvalue weighted by molar-refractivity contribution is -0.138. The van der Waals surface area contributed by atoms with E-state index in [0.717, 1.165) is 0 Å². The Morgan fingerprint density at radius 3 is 2.67 bits per heavy atom. The minimum Gasteiger partial charge on any atom is -0.480 e. The summed E-state index contributed by atoms with van der Waals surface area (Å²) in [6, 6.07) is 1.04. The van der Waals surface area contributed by atoms with E-state index < -0.39 is 12.0 Å². The minimum absolute atomic E-state index is 0.0134. The Labute approximate surface area is 107 Å². The highest BCUT2D eigenvalue weighted by atomic mass is 16.5. The Balaban J connectivity index is 2.91. The van der Waals surface area contributed by atoms with Gasteiger partial charge in [-0.3, -0.25) is 0 Å². The summed E-state index contributed by atoms with van der Waals surface area (Å²) in [7, 11) is 1.70. The number of anilines is 1. The van der Waals surface area contributed by atoms with E-state index in [1.54, 1.807) is 18.0 Å². The van der Waals surface area contributed by atoms with Gasteiger partial charge in [-0.25, -0.2) is 14.8 Å². The lowest BCUT2D eigenvalue weighted by atomic mass is 10.2. The van der Waals surface area contributed by atoms with Gasteiger partial charge in [0.1, 0.15) is 18.2 Å². The number of rotatable bonds is 6. The van der Waals surface area contributed by atoms with Crippen LogP contribution in [0, 0.1) is 0 Å². The van der Waals surface area contributed by atoms with Crippen molar-refractivity contribution in [2.75, 3.05) is 11.9 Å². The molecule has 1 unspecified atom stereocenters. The number of nitrogens with zero attached hydrogens (tertiary/aromatic N) is 3. The van der Waals surface area contributed by atoms with Gasteiger partial charge in [0, 0.05) is 13.1 Å². The molecule has 1 atom stereocenters. The first-order valence-electron chi connectivity index (χ1n) is 5.90. The van der Waals surface area contributed by atoms with Gasteiger partial charge >= 0.3 is 5.97 Å². The molecule has 100 valence electrons. The third-order valence-electron chi connectivity index (χ3n) is 2.48. The monoisotopic (exact) mass is 253 g/mol. The molecule has 0 aliphatic rings. The Kier molecular flexibility index (Phi) is 4.88. The van der Waals surface area contributed by atoms with Crippen LogP contribution in [0.3, 0.4) is 0 Å². The molecule has 0 saturated heterocycles. The van der Waals surface area contributed by atoms with Crippen LogP contribution in [0.4, 0.5) is 5.82 Å². The van der Waals surface area contributed by atoms with Crippen LogP contribution >= 0.6 is 0 Å². The van der Waals surface area contributed by atoms with Crippen LogP contribution in [-0.2, 0) is 4.79 Å². The fourth-order valence-electron chi connectivity index (χ4n) is 1.60. The molecule has 0 fully saturated rings. The van der Waals surface area contributed by atoms with Crippen LogP contribution in [0.5, 0.6) is 5.88 Å². The largest absolute Gasteiger partial charge is 0.480 e. The van der Waals surface area contributed by atoms with E-state index in [9.17, 15) is 4.79 Å². The summed E-state index contributed by atoms with van der Waals surface area (Å²) in [4.78, 5) is 20.8. The molecular formula is C12H19N3O3. The summed E-state index contributed by atoms with van der Waals surface area (Å²) in [6.07, 6.45) is 1.88. The van der Waals surface area contributed by atoms with E-state index >= 15 is 0 Å². The van der Waals surface area contributed by atoms with Crippen LogP contribution in [-0.4, -0.2) is 40.2 Å². The molecule has 0 spiro atoms. The van der Waals surface area contributed by atoms with Crippen molar-refractivity contribution in [2.45, 2.75) is 39.3 Å². The van der Waals surface area contributed by atoms with Crippen LogP contribution in [0.2, 0.25) is 0 Å². The number of ether oxygens (including phenoxy) is 1. The zero-order valence-corrected chi connectivity index (χ0v) is 11.1. The van der Waals surface area contributed by atoms with Crippen LogP contribution < -0.4 is 9.64 Å². The second kappa shape index (κ2) is 6.18. The Hall–Kier alpha value is -1.85. The number of likely N-dealkylation sites (N-methyl/N-ethyl adjacent to an activating group) is 1. The number of hydrogen-bond acceptors (Lipinski definition) is 5. The van der Waals surface area contributed by atoms with Crippen molar-refractivity contribution in [1.29, 1.82) is 0 Å². The Bertz CT molecular complexity index is 409. The number of hydrogen-bond donors (Lipinski definition) is 1. The highest BCUT2D eigenvalue weighted by Crippen LogP contribution is 2.18. The highest BCUT2D eigenvalue weighted by Gasteiger charge is 2.22. The van der Waals surface area contributed by atoms with Gasteiger partial charge in [0.2, 0.25) is 5.88 Å². The van der Waals surface area contributed by atoms with E-state index in [1.807, 2.05) is 20.8 Å². The van der Waals surface area contributed by atoms with Crippen molar-refractivity contribution in [3.8, 4) is 5.88 Å². The molecule has 18 heavy (non-hydrogen) atoms. The number of carboxylic acid groups (broad SMARTS) is 1. The lowest BCUT2D eigenvalue weighted by Gasteiger charge is -2.24. The van der Waals surface area contributed by atoms with E-state index in [1.165, 1.54) is 6.33 Å². The van der Waals surface area contributed by atoms with E-state index in [2.05, 4.69) is 9.97 Å². The SMILES string of the molecule is CCC(C(=O)O)N(C)c1cc(OC(C)C)ncn1. The second-order valence-electron chi connectivity index (χ2n) is 4.25. The van der Waals surface area contributed by atoms with Gasteiger partial charge in [-0.1, -0.05) is 6.92 Å². The van der Waals surface area contributed by atoms with Gasteiger partial charge in [-0.2, -0.15) is 0 Å². The summed E-state index contributed by atoms with van der Waals surface area (Å²) < 4.78 is 5.45. The van der Waals surface area contributed by atoms with Gasteiger partial charge in [0.05, 0.1) is 6.10 Å². The third kappa shape index (κ3) is 3.58. The zero-order chi connectivity index (χ0) is 13.7. The van der Waals surface area contributed by atoms with E-state index in [-0.39, 0.29) is 6.10 Å². The van der Waals surface area contributed by atoms with Gasteiger partial charge < -0.3 is 14.7 Å². The van der Waals surface area contributed by atoms with Crippen molar-refractivity contribution in [2.24, 2.45) is 0 Å². The molecule has 0 aliphatic carbocycles. The fourth-order valence-corrected chi connectivity index (χ4v) is 1.60. The summed E-state index contributed by atoms with van der Waals surface area (Å²) in [5, 5.41) is 9.10. The maximum Gasteiger partial charge on any atom is 0.326 e. The van der Waals surface area contributed by atoms with Gasteiger partial charge in [-0.15, -0.1) is 0 Å². The number of carbonyl (C=O) groups is 1. The second-order valence-corrected chi connectivity index (χ2v) is 4.25. The molecule has 0 aromatic carbocycles. The fraction of sp³-hybridized carbons (Fsp3) is 0.583. The van der Waals surface area contributed by atoms with Crippen molar-refractivity contribution in [3.63, 3.8) is 0 Å². The van der Waals surface area contributed by atoms with Crippen molar-refractivity contribution in [3.05, 3.63) is 12.4 Å². The summed E-state index contributed by atoms with van der Waals surface area (Å²) >= 11 is 0. The molecule has 6 heteroatoms.